The summed E-state index contributed by atoms with van der Waals surface area (Å²) in [5.41, 5.74) is 0.180. The summed E-state index contributed by atoms with van der Waals surface area (Å²) in [5, 5.41) is 2.62. The van der Waals surface area contributed by atoms with E-state index in [4.69, 9.17) is 23.7 Å². The summed E-state index contributed by atoms with van der Waals surface area (Å²) in [7, 11) is 2.99. The van der Waals surface area contributed by atoms with E-state index in [1.807, 2.05) is 30.3 Å². The van der Waals surface area contributed by atoms with Crippen molar-refractivity contribution in [2.45, 2.75) is 57.1 Å². The van der Waals surface area contributed by atoms with Crippen molar-refractivity contribution in [1.82, 2.24) is 5.32 Å². The zero-order valence-electron chi connectivity index (χ0n) is 17.7. The zero-order chi connectivity index (χ0) is 21.5. The second-order valence-corrected chi connectivity index (χ2v) is 7.86. The van der Waals surface area contributed by atoms with E-state index < -0.39 is 35.6 Å². The Kier molecular flexibility index (Phi) is 8.01. The Morgan fingerprint density at radius 1 is 1.21 bits per heavy atom. The Morgan fingerprint density at radius 3 is 2.45 bits per heavy atom. The van der Waals surface area contributed by atoms with Gasteiger partial charge in [-0.05, 0) is 26.3 Å². The van der Waals surface area contributed by atoms with Crippen molar-refractivity contribution >= 4 is 12.1 Å². The van der Waals surface area contributed by atoms with Crippen molar-refractivity contribution in [3.05, 3.63) is 35.9 Å². The van der Waals surface area contributed by atoms with Crippen LogP contribution in [0.15, 0.2) is 30.3 Å². The molecule has 2 rings (SSSR count). The largest absolute Gasteiger partial charge is 0.453 e. The molecule has 1 aliphatic heterocycles. The van der Waals surface area contributed by atoms with E-state index >= 15 is 0 Å². The summed E-state index contributed by atoms with van der Waals surface area (Å²) in [6.07, 6.45) is -0.794. The first-order chi connectivity index (χ1) is 13.7. The van der Waals surface area contributed by atoms with Gasteiger partial charge in [0.25, 0.3) is 0 Å². The van der Waals surface area contributed by atoms with Crippen molar-refractivity contribution in [2.24, 2.45) is 0 Å². The molecule has 0 aromatic heterocycles. The number of benzene rings is 1. The fraction of sp³-hybridized carbons (Fsp3) is 0.619. The first kappa shape index (κ1) is 23.1. The lowest BCUT2D eigenvalue weighted by Gasteiger charge is -2.40. The van der Waals surface area contributed by atoms with E-state index in [-0.39, 0.29) is 13.0 Å². The molecule has 1 aliphatic rings. The molecule has 0 bridgehead atoms. The lowest BCUT2D eigenvalue weighted by atomic mass is 10.0. The lowest BCUT2D eigenvalue weighted by molar-refractivity contribution is -0.297. The Balaban J connectivity index is 2.15. The molecule has 1 aromatic rings. The quantitative estimate of drug-likeness (QED) is 0.546. The van der Waals surface area contributed by atoms with E-state index in [9.17, 15) is 9.59 Å². The number of methoxy groups -OCH3 is 2. The molecule has 162 valence electrons. The van der Waals surface area contributed by atoms with Crippen LogP contribution >= 0.6 is 0 Å². The van der Waals surface area contributed by atoms with Crippen LogP contribution in [0.5, 0.6) is 0 Å². The topological polar surface area (TPSA) is 92.3 Å². The maximum absolute atomic E-state index is 13.0. The fourth-order valence-corrected chi connectivity index (χ4v) is 3.08. The molecule has 1 N–H and O–H groups in total. The molecular weight excluding hydrogens is 378 g/mol. The number of rotatable bonds is 7. The van der Waals surface area contributed by atoms with Gasteiger partial charge in [-0.15, -0.1) is 0 Å². The van der Waals surface area contributed by atoms with Crippen LogP contribution < -0.4 is 5.32 Å². The lowest BCUT2D eigenvalue weighted by Crippen LogP contribution is -2.56. The van der Waals surface area contributed by atoms with Gasteiger partial charge in [-0.1, -0.05) is 30.3 Å². The van der Waals surface area contributed by atoms with Crippen molar-refractivity contribution in [3.63, 3.8) is 0 Å². The number of carbonyl (C=O) groups is 2. The summed E-state index contributed by atoms with van der Waals surface area (Å²) in [4.78, 5) is 25.3. The molecule has 0 unspecified atom stereocenters. The number of hydrogen-bond donors (Lipinski definition) is 1. The molecule has 1 aromatic carbocycles. The molecule has 0 aliphatic carbocycles. The molecule has 8 heteroatoms. The SMILES string of the molecule is COC1(OC)CCOC[C@@H]1OC(=O)[C@H](Cc1ccccc1)NC(=O)OC(C)(C)C. The molecule has 1 fully saturated rings. The third-order valence-electron chi connectivity index (χ3n) is 4.56. The molecule has 0 saturated carbocycles. The highest BCUT2D eigenvalue weighted by atomic mass is 16.7. The van der Waals surface area contributed by atoms with Gasteiger partial charge in [-0.25, -0.2) is 9.59 Å². The molecule has 29 heavy (non-hydrogen) atoms. The number of carbonyl (C=O) groups excluding carboxylic acids is 2. The van der Waals surface area contributed by atoms with Gasteiger partial charge < -0.3 is 29.0 Å². The van der Waals surface area contributed by atoms with Crippen LogP contribution in [-0.4, -0.2) is 63.0 Å². The maximum Gasteiger partial charge on any atom is 0.408 e. The summed E-state index contributed by atoms with van der Waals surface area (Å²) < 4.78 is 27.4. The van der Waals surface area contributed by atoms with Gasteiger partial charge in [0.2, 0.25) is 5.79 Å². The normalized spacial score (nSPS) is 19.8. The Labute approximate surface area is 171 Å². The summed E-state index contributed by atoms with van der Waals surface area (Å²) in [5.74, 6) is -1.70. The number of ether oxygens (including phenoxy) is 5. The average Bonchev–Trinajstić information content (AvgIpc) is 2.67. The molecule has 0 spiro atoms. The monoisotopic (exact) mass is 409 g/mol. The maximum atomic E-state index is 13.0. The van der Waals surface area contributed by atoms with Gasteiger partial charge in [0.15, 0.2) is 6.10 Å². The van der Waals surface area contributed by atoms with Gasteiger partial charge in [-0.2, -0.15) is 0 Å². The van der Waals surface area contributed by atoms with Crippen molar-refractivity contribution in [3.8, 4) is 0 Å². The highest BCUT2D eigenvalue weighted by Gasteiger charge is 2.46. The van der Waals surface area contributed by atoms with Gasteiger partial charge in [0.05, 0.1) is 13.2 Å². The van der Waals surface area contributed by atoms with Crippen LogP contribution in [0.25, 0.3) is 0 Å². The predicted molar refractivity (Wildman–Crippen MR) is 105 cm³/mol. The van der Waals surface area contributed by atoms with E-state index in [1.165, 1.54) is 14.2 Å². The third kappa shape index (κ3) is 6.69. The standard InChI is InChI=1S/C21H31NO7/c1-20(2,3)29-19(24)22-16(13-15-9-7-6-8-10-15)18(23)28-17-14-27-12-11-21(17,25-4)26-5/h6-10,16-17H,11-14H2,1-5H3,(H,22,24)/t16-,17-/m0/s1. The van der Waals surface area contributed by atoms with Crippen LogP contribution in [0, 0.1) is 0 Å². The number of nitrogens with one attached hydrogen (secondary N) is 1. The smallest absolute Gasteiger partial charge is 0.408 e. The fourth-order valence-electron chi connectivity index (χ4n) is 3.08. The van der Waals surface area contributed by atoms with E-state index in [0.29, 0.717) is 13.0 Å². The number of alkyl carbamates (subject to hydrolysis) is 1. The second-order valence-electron chi connectivity index (χ2n) is 7.86. The molecule has 2 atom stereocenters. The van der Waals surface area contributed by atoms with Crippen LogP contribution in [0.3, 0.4) is 0 Å². The molecule has 1 amide bonds. The van der Waals surface area contributed by atoms with Crippen molar-refractivity contribution < 1.29 is 33.3 Å². The minimum absolute atomic E-state index is 0.137. The number of amides is 1. The van der Waals surface area contributed by atoms with Crippen molar-refractivity contribution in [2.75, 3.05) is 27.4 Å². The van der Waals surface area contributed by atoms with Crippen LogP contribution in [-0.2, 0) is 34.9 Å². The van der Waals surface area contributed by atoms with Crippen LogP contribution in [0.2, 0.25) is 0 Å². The molecular formula is C21H31NO7. The third-order valence-corrected chi connectivity index (χ3v) is 4.56. The molecule has 8 nitrogen and oxygen atoms in total. The van der Waals surface area contributed by atoms with E-state index in [1.54, 1.807) is 20.8 Å². The predicted octanol–water partition coefficient (Wildman–Crippen LogP) is 2.44. The first-order valence-corrected chi connectivity index (χ1v) is 9.61. The molecule has 0 radical (unpaired) electrons. The average molecular weight is 409 g/mol. The van der Waals surface area contributed by atoms with Gasteiger partial charge >= 0.3 is 12.1 Å². The first-order valence-electron chi connectivity index (χ1n) is 9.61. The number of esters is 1. The summed E-state index contributed by atoms with van der Waals surface area (Å²) in [6.45, 7) is 5.82. The van der Waals surface area contributed by atoms with E-state index in [2.05, 4.69) is 5.32 Å². The van der Waals surface area contributed by atoms with Crippen LogP contribution in [0.4, 0.5) is 4.79 Å². The second kappa shape index (κ2) is 10.0. The minimum Gasteiger partial charge on any atom is -0.453 e. The van der Waals surface area contributed by atoms with Crippen LogP contribution in [0.1, 0.15) is 32.8 Å². The van der Waals surface area contributed by atoms with Gasteiger partial charge in [0.1, 0.15) is 11.6 Å². The number of hydrogen-bond acceptors (Lipinski definition) is 7. The summed E-state index contributed by atoms with van der Waals surface area (Å²) in [6, 6.07) is 8.40. The Bertz CT molecular complexity index is 667. The van der Waals surface area contributed by atoms with Gasteiger partial charge in [-0.3, -0.25) is 0 Å². The highest BCUT2D eigenvalue weighted by Crippen LogP contribution is 2.28. The minimum atomic E-state index is -1.09. The zero-order valence-corrected chi connectivity index (χ0v) is 17.7. The van der Waals surface area contributed by atoms with E-state index in [0.717, 1.165) is 5.56 Å². The summed E-state index contributed by atoms with van der Waals surface area (Å²) >= 11 is 0. The Hall–Kier alpha value is -2.16. The Morgan fingerprint density at radius 2 is 1.86 bits per heavy atom. The molecule has 1 heterocycles. The van der Waals surface area contributed by atoms with Gasteiger partial charge in [0, 0.05) is 27.1 Å². The van der Waals surface area contributed by atoms with Crippen molar-refractivity contribution in [1.29, 1.82) is 0 Å². The highest BCUT2D eigenvalue weighted by molar-refractivity contribution is 5.82. The molecule has 1 saturated heterocycles.